The SMILES string of the molecule is N=C(N)c1ccc(N2CCN3CCCC3C2)nc1. The molecule has 2 fully saturated rings. The lowest BCUT2D eigenvalue weighted by molar-refractivity contribution is 0.230. The molecule has 96 valence electrons. The summed E-state index contributed by atoms with van der Waals surface area (Å²) in [6, 6.07) is 4.56. The number of nitrogen functional groups attached to an aromatic ring is 1. The lowest BCUT2D eigenvalue weighted by Crippen LogP contribution is -2.50. The Kier molecular flexibility index (Phi) is 2.91. The minimum absolute atomic E-state index is 0.0784. The van der Waals surface area contributed by atoms with Gasteiger partial charge in [-0.25, -0.2) is 4.98 Å². The molecule has 1 atom stereocenters. The molecule has 2 aliphatic rings. The zero-order valence-corrected chi connectivity index (χ0v) is 10.5. The zero-order valence-electron chi connectivity index (χ0n) is 10.5. The number of nitrogens with one attached hydrogen (secondary N) is 1. The molecule has 5 nitrogen and oxygen atoms in total. The number of amidine groups is 1. The summed E-state index contributed by atoms with van der Waals surface area (Å²) in [5.41, 5.74) is 6.13. The van der Waals surface area contributed by atoms with Gasteiger partial charge >= 0.3 is 0 Å². The molecule has 0 amide bonds. The summed E-state index contributed by atoms with van der Waals surface area (Å²) < 4.78 is 0. The fraction of sp³-hybridized carbons (Fsp3) is 0.538. The minimum Gasteiger partial charge on any atom is -0.384 e. The second kappa shape index (κ2) is 4.57. The van der Waals surface area contributed by atoms with Gasteiger partial charge in [0.1, 0.15) is 11.7 Å². The summed E-state index contributed by atoms with van der Waals surface area (Å²) in [7, 11) is 0. The third-order valence-corrected chi connectivity index (χ3v) is 3.97. The van der Waals surface area contributed by atoms with E-state index in [2.05, 4.69) is 14.8 Å². The number of fused-ring (bicyclic) bond motifs is 1. The van der Waals surface area contributed by atoms with E-state index in [9.17, 15) is 0 Å². The number of nitrogens with zero attached hydrogens (tertiary/aromatic N) is 3. The van der Waals surface area contributed by atoms with Crippen molar-refractivity contribution in [3.05, 3.63) is 23.9 Å². The predicted octanol–water partition coefficient (Wildman–Crippen LogP) is 0.650. The molecule has 3 heterocycles. The predicted molar refractivity (Wildman–Crippen MR) is 72.1 cm³/mol. The summed E-state index contributed by atoms with van der Waals surface area (Å²) in [6.45, 7) is 4.52. The van der Waals surface area contributed by atoms with Gasteiger partial charge in [0.25, 0.3) is 0 Å². The van der Waals surface area contributed by atoms with Crippen LogP contribution in [0, 0.1) is 5.41 Å². The van der Waals surface area contributed by atoms with Crippen molar-refractivity contribution in [3.8, 4) is 0 Å². The first-order chi connectivity index (χ1) is 8.74. The van der Waals surface area contributed by atoms with E-state index in [0.29, 0.717) is 11.6 Å². The molecule has 3 rings (SSSR count). The molecule has 5 heteroatoms. The highest BCUT2D eigenvalue weighted by Gasteiger charge is 2.30. The Labute approximate surface area is 107 Å². The highest BCUT2D eigenvalue weighted by molar-refractivity contribution is 5.94. The second-order valence-corrected chi connectivity index (χ2v) is 5.10. The third kappa shape index (κ3) is 2.06. The second-order valence-electron chi connectivity index (χ2n) is 5.10. The number of hydrogen-bond acceptors (Lipinski definition) is 4. The average Bonchev–Trinajstić information content (AvgIpc) is 2.86. The van der Waals surface area contributed by atoms with Gasteiger partial charge in [-0.05, 0) is 31.5 Å². The molecule has 2 saturated heterocycles. The Hall–Kier alpha value is -1.62. The van der Waals surface area contributed by atoms with E-state index in [1.165, 1.54) is 19.4 Å². The number of aromatic nitrogens is 1. The molecule has 1 unspecified atom stereocenters. The Bertz CT molecular complexity index is 441. The van der Waals surface area contributed by atoms with Crippen molar-refractivity contribution in [2.45, 2.75) is 18.9 Å². The smallest absolute Gasteiger partial charge is 0.128 e. The molecule has 0 aliphatic carbocycles. The van der Waals surface area contributed by atoms with Crippen LogP contribution in [0.5, 0.6) is 0 Å². The molecule has 0 spiro atoms. The molecule has 0 bridgehead atoms. The molecule has 18 heavy (non-hydrogen) atoms. The summed E-state index contributed by atoms with van der Waals surface area (Å²) in [4.78, 5) is 9.35. The van der Waals surface area contributed by atoms with Gasteiger partial charge in [0.15, 0.2) is 0 Å². The van der Waals surface area contributed by atoms with E-state index < -0.39 is 0 Å². The van der Waals surface area contributed by atoms with Gasteiger partial charge < -0.3 is 10.6 Å². The highest BCUT2D eigenvalue weighted by atomic mass is 15.3. The van der Waals surface area contributed by atoms with Gasteiger partial charge in [-0.15, -0.1) is 0 Å². The monoisotopic (exact) mass is 245 g/mol. The van der Waals surface area contributed by atoms with Crippen LogP contribution in [0.15, 0.2) is 18.3 Å². The quantitative estimate of drug-likeness (QED) is 0.593. The highest BCUT2D eigenvalue weighted by Crippen LogP contribution is 2.24. The van der Waals surface area contributed by atoms with E-state index in [0.717, 1.165) is 25.5 Å². The Morgan fingerprint density at radius 1 is 1.33 bits per heavy atom. The van der Waals surface area contributed by atoms with Crippen LogP contribution < -0.4 is 10.6 Å². The van der Waals surface area contributed by atoms with Crippen molar-refractivity contribution in [1.29, 1.82) is 5.41 Å². The fourth-order valence-electron chi connectivity index (χ4n) is 2.93. The van der Waals surface area contributed by atoms with E-state index in [1.807, 2.05) is 12.1 Å². The van der Waals surface area contributed by atoms with Crippen LogP contribution in [0.1, 0.15) is 18.4 Å². The first kappa shape index (κ1) is 11.5. The van der Waals surface area contributed by atoms with Crippen LogP contribution in [0.2, 0.25) is 0 Å². The summed E-state index contributed by atoms with van der Waals surface area (Å²) >= 11 is 0. The van der Waals surface area contributed by atoms with Crippen molar-refractivity contribution in [2.75, 3.05) is 31.1 Å². The topological polar surface area (TPSA) is 69.2 Å². The van der Waals surface area contributed by atoms with E-state index in [4.69, 9.17) is 11.1 Å². The number of anilines is 1. The number of nitrogens with two attached hydrogens (primary N) is 1. The van der Waals surface area contributed by atoms with Crippen LogP contribution in [-0.4, -0.2) is 47.9 Å². The number of piperazine rings is 1. The summed E-state index contributed by atoms with van der Waals surface area (Å²) in [6.07, 6.45) is 4.33. The van der Waals surface area contributed by atoms with Gasteiger partial charge in [0.2, 0.25) is 0 Å². The Morgan fingerprint density at radius 3 is 2.94 bits per heavy atom. The molecule has 0 radical (unpaired) electrons. The molecule has 2 aliphatic heterocycles. The molecule has 0 saturated carbocycles. The van der Waals surface area contributed by atoms with E-state index in [1.54, 1.807) is 6.20 Å². The van der Waals surface area contributed by atoms with Crippen molar-refractivity contribution in [2.24, 2.45) is 5.73 Å². The standard InChI is InChI=1S/C13H19N5/c14-13(15)10-3-4-12(16-8-10)18-7-6-17-5-1-2-11(17)9-18/h3-4,8,11H,1-2,5-7,9H2,(H3,14,15). The van der Waals surface area contributed by atoms with Gasteiger partial charge in [0.05, 0.1) is 0 Å². The third-order valence-electron chi connectivity index (χ3n) is 3.97. The summed E-state index contributed by atoms with van der Waals surface area (Å²) in [5, 5.41) is 7.36. The first-order valence-electron chi connectivity index (χ1n) is 6.53. The summed E-state index contributed by atoms with van der Waals surface area (Å²) in [5.74, 6) is 1.08. The van der Waals surface area contributed by atoms with Gasteiger partial charge in [-0.2, -0.15) is 0 Å². The molecule has 0 aromatic carbocycles. The van der Waals surface area contributed by atoms with Crippen molar-refractivity contribution in [1.82, 2.24) is 9.88 Å². The molecule has 1 aromatic heterocycles. The molecule has 1 aromatic rings. The van der Waals surface area contributed by atoms with Crippen LogP contribution in [0.25, 0.3) is 0 Å². The maximum atomic E-state index is 7.36. The van der Waals surface area contributed by atoms with Gasteiger partial charge in [-0.3, -0.25) is 10.3 Å². The maximum Gasteiger partial charge on any atom is 0.128 e. The fourth-order valence-corrected chi connectivity index (χ4v) is 2.93. The number of pyridine rings is 1. The maximum absolute atomic E-state index is 7.36. The van der Waals surface area contributed by atoms with Gasteiger partial charge in [0, 0.05) is 37.4 Å². The van der Waals surface area contributed by atoms with Gasteiger partial charge in [-0.1, -0.05) is 0 Å². The van der Waals surface area contributed by atoms with E-state index in [-0.39, 0.29) is 5.84 Å². The molecular weight excluding hydrogens is 226 g/mol. The van der Waals surface area contributed by atoms with Crippen LogP contribution in [0.4, 0.5) is 5.82 Å². The van der Waals surface area contributed by atoms with E-state index >= 15 is 0 Å². The Balaban J connectivity index is 1.73. The minimum atomic E-state index is 0.0784. The number of rotatable bonds is 2. The van der Waals surface area contributed by atoms with Crippen molar-refractivity contribution < 1.29 is 0 Å². The average molecular weight is 245 g/mol. The number of hydrogen-bond donors (Lipinski definition) is 2. The normalized spacial score (nSPS) is 24.0. The van der Waals surface area contributed by atoms with Crippen molar-refractivity contribution in [3.63, 3.8) is 0 Å². The van der Waals surface area contributed by atoms with Crippen LogP contribution >= 0.6 is 0 Å². The van der Waals surface area contributed by atoms with Crippen LogP contribution in [0.3, 0.4) is 0 Å². The lowest BCUT2D eigenvalue weighted by Gasteiger charge is -2.38. The lowest BCUT2D eigenvalue weighted by atomic mass is 10.1. The molecule has 3 N–H and O–H groups in total. The zero-order chi connectivity index (χ0) is 12.5. The Morgan fingerprint density at radius 2 is 2.22 bits per heavy atom. The van der Waals surface area contributed by atoms with Crippen molar-refractivity contribution >= 4 is 11.7 Å². The largest absolute Gasteiger partial charge is 0.384 e. The van der Waals surface area contributed by atoms with Crippen LogP contribution in [-0.2, 0) is 0 Å². The first-order valence-corrected chi connectivity index (χ1v) is 6.53. The molecular formula is C13H19N5.